The van der Waals surface area contributed by atoms with Crippen LogP contribution in [0.4, 0.5) is 0 Å². The lowest BCUT2D eigenvalue weighted by Crippen LogP contribution is -2.54. The fourth-order valence-corrected chi connectivity index (χ4v) is 2.71. The van der Waals surface area contributed by atoms with E-state index in [-0.39, 0.29) is 5.41 Å². The summed E-state index contributed by atoms with van der Waals surface area (Å²) in [5.74, 6) is 0.891. The molecule has 1 N–H and O–H groups in total. The van der Waals surface area contributed by atoms with Gasteiger partial charge in [-0.05, 0) is 19.3 Å². The largest absolute Gasteiger partial charge is 0.315 e. The minimum Gasteiger partial charge on any atom is -0.315 e. The highest BCUT2D eigenvalue weighted by atomic mass is 16.1. The predicted molar refractivity (Wildman–Crippen MR) is 47.9 cm³/mol. The molecular weight excluding hydrogens is 150 g/mol. The summed E-state index contributed by atoms with van der Waals surface area (Å²) in [5, 5.41) is 3.39. The molecule has 2 unspecified atom stereocenters. The van der Waals surface area contributed by atoms with E-state index in [1.165, 1.54) is 6.42 Å². The van der Waals surface area contributed by atoms with E-state index in [1.807, 2.05) is 0 Å². The predicted octanol–water partition coefficient (Wildman–Crippen LogP) is 1.36. The zero-order chi connectivity index (χ0) is 8.60. The second kappa shape index (κ2) is 2.84. The lowest BCUT2D eigenvalue weighted by atomic mass is 9.65. The summed E-state index contributed by atoms with van der Waals surface area (Å²) in [6.45, 7) is 4.01. The maximum Gasteiger partial charge on any atom is 0.144 e. The average molecular weight is 167 g/mol. The van der Waals surface area contributed by atoms with Crippen molar-refractivity contribution in [3.05, 3.63) is 0 Å². The first kappa shape index (κ1) is 8.24. The summed E-state index contributed by atoms with van der Waals surface area (Å²) < 4.78 is 0. The van der Waals surface area contributed by atoms with Gasteiger partial charge in [0.2, 0.25) is 0 Å². The Hall–Kier alpha value is -0.370. The van der Waals surface area contributed by atoms with Gasteiger partial charge in [0.15, 0.2) is 0 Å². The Labute approximate surface area is 73.7 Å². The molecule has 1 aliphatic carbocycles. The standard InChI is InChI=1S/C10H17NO/c1-2-10-5-3-4-8(9(10)12)6-11-7-10/h8,11H,2-7H2,1H3. The molecule has 0 amide bonds. The van der Waals surface area contributed by atoms with Crippen LogP contribution in [0.3, 0.4) is 0 Å². The van der Waals surface area contributed by atoms with Gasteiger partial charge in [-0.2, -0.15) is 0 Å². The normalized spacial score (nSPS) is 41.4. The smallest absolute Gasteiger partial charge is 0.144 e. The fraction of sp³-hybridized carbons (Fsp3) is 0.900. The molecule has 68 valence electrons. The Morgan fingerprint density at radius 2 is 2.50 bits per heavy atom. The van der Waals surface area contributed by atoms with Crippen molar-refractivity contribution in [3.8, 4) is 0 Å². The highest BCUT2D eigenvalue weighted by Gasteiger charge is 2.45. The first-order chi connectivity index (χ1) is 5.78. The minimum atomic E-state index is 0.0289. The summed E-state index contributed by atoms with van der Waals surface area (Å²) in [5.41, 5.74) is 0.0289. The number of carbonyl (C=O) groups is 1. The first-order valence-corrected chi connectivity index (χ1v) is 5.03. The molecule has 2 rings (SSSR count). The van der Waals surface area contributed by atoms with E-state index in [0.717, 1.165) is 32.4 Å². The van der Waals surface area contributed by atoms with E-state index < -0.39 is 0 Å². The maximum atomic E-state index is 11.9. The van der Waals surface area contributed by atoms with Crippen LogP contribution < -0.4 is 5.32 Å². The second-order valence-electron chi connectivity index (χ2n) is 4.22. The van der Waals surface area contributed by atoms with Gasteiger partial charge in [-0.25, -0.2) is 0 Å². The van der Waals surface area contributed by atoms with Gasteiger partial charge in [0.05, 0.1) is 0 Å². The summed E-state index contributed by atoms with van der Waals surface area (Å²) in [4.78, 5) is 11.9. The molecule has 1 heterocycles. The SMILES string of the molecule is CCC12CCCC(CNC1)C2=O. The van der Waals surface area contributed by atoms with Crippen molar-refractivity contribution < 1.29 is 4.79 Å². The number of fused-ring (bicyclic) bond motifs is 2. The first-order valence-electron chi connectivity index (χ1n) is 5.03. The second-order valence-corrected chi connectivity index (χ2v) is 4.22. The molecule has 2 atom stereocenters. The number of hydrogen-bond acceptors (Lipinski definition) is 2. The Morgan fingerprint density at radius 3 is 3.17 bits per heavy atom. The number of piperidine rings is 1. The van der Waals surface area contributed by atoms with Gasteiger partial charge in [-0.15, -0.1) is 0 Å². The lowest BCUT2D eigenvalue weighted by molar-refractivity contribution is -0.138. The maximum absolute atomic E-state index is 11.9. The minimum absolute atomic E-state index is 0.0289. The van der Waals surface area contributed by atoms with Crippen molar-refractivity contribution in [1.82, 2.24) is 5.32 Å². The van der Waals surface area contributed by atoms with Crippen molar-refractivity contribution in [2.24, 2.45) is 11.3 Å². The fourth-order valence-electron chi connectivity index (χ4n) is 2.71. The van der Waals surface area contributed by atoms with Crippen molar-refractivity contribution in [2.75, 3.05) is 13.1 Å². The zero-order valence-corrected chi connectivity index (χ0v) is 7.73. The molecule has 2 nitrogen and oxygen atoms in total. The highest BCUT2D eigenvalue weighted by molar-refractivity contribution is 5.88. The molecular formula is C10H17NO. The quantitative estimate of drug-likeness (QED) is 0.639. The third kappa shape index (κ3) is 1.01. The van der Waals surface area contributed by atoms with Crippen LogP contribution in [0.1, 0.15) is 32.6 Å². The van der Waals surface area contributed by atoms with Gasteiger partial charge in [0, 0.05) is 24.4 Å². The summed E-state index contributed by atoms with van der Waals surface area (Å²) in [6.07, 6.45) is 4.51. The van der Waals surface area contributed by atoms with Gasteiger partial charge in [-0.1, -0.05) is 13.3 Å². The zero-order valence-electron chi connectivity index (χ0n) is 7.73. The van der Waals surface area contributed by atoms with Crippen LogP contribution in [0.15, 0.2) is 0 Å². The van der Waals surface area contributed by atoms with E-state index in [9.17, 15) is 4.79 Å². The number of Topliss-reactive ketones (excluding diaryl/α,β-unsaturated/α-hetero) is 1. The Bertz CT molecular complexity index is 190. The molecule has 0 aromatic heterocycles. The van der Waals surface area contributed by atoms with Crippen LogP contribution >= 0.6 is 0 Å². The molecule has 1 aliphatic heterocycles. The number of hydrogen-bond donors (Lipinski definition) is 1. The van der Waals surface area contributed by atoms with Gasteiger partial charge in [0.1, 0.15) is 5.78 Å². The van der Waals surface area contributed by atoms with Crippen LogP contribution in [0.5, 0.6) is 0 Å². The third-order valence-corrected chi connectivity index (χ3v) is 3.63. The molecule has 0 aromatic carbocycles. The molecule has 0 radical (unpaired) electrons. The van der Waals surface area contributed by atoms with Crippen LogP contribution in [0, 0.1) is 11.3 Å². The highest BCUT2D eigenvalue weighted by Crippen LogP contribution is 2.40. The van der Waals surface area contributed by atoms with Crippen molar-refractivity contribution in [2.45, 2.75) is 32.6 Å². The summed E-state index contributed by atoms with van der Waals surface area (Å²) in [6, 6.07) is 0. The van der Waals surface area contributed by atoms with E-state index in [0.29, 0.717) is 11.7 Å². The van der Waals surface area contributed by atoms with Gasteiger partial charge in [0.25, 0.3) is 0 Å². The van der Waals surface area contributed by atoms with Gasteiger partial charge >= 0.3 is 0 Å². The molecule has 1 saturated heterocycles. The van der Waals surface area contributed by atoms with Gasteiger partial charge in [-0.3, -0.25) is 4.79 Å². The molecule has 2 bridgehead atoms. The van der Waals surface area contributed by atoms with E-state index >= 15 is 0 Å². The van der Waals surface area contributed by atoms with Gasteiger partial charge < -0.3 is 5.32 Å². The Kier molecular flexibility index (Phi) is 1.95. The van der Waals surface area contributed by atoms with Crippen LogP contribution in [-0.2, 0) is 4.79 Å². The van der Waals surface area contributed by atoms with Crippen LogP contribution in [0.25, 0.3) is 0 Å². The van der Waals surface area contributed by atoms with Crippen molar-refractivity contribution in [1.29, 1.82) is 0 Å². The molecule has 2 fully saturated rings. The molecule has 2 heteroatoms. The molecule has 0 spiro atoms. The lowest BCUT2D eigenvalue weighted by Gasteiger charge is -2.43. The number of rotatable bonds is 1. The monoisotopic (exact) mass is 167 g/mol. The summed E-state index contributed by atoms with van der Waals surface area (Å²) >= 11 is 0. The molecule has 2 aliphatic rings. The average Bonchev–Trinajstić information content (AvgIpc) is 2.05. The molecule has 12 heavy (non-hydrogen) atoms. The van der Waals surface area contributed by atoms with Crippen molar-refractivity contribution >= 4 is 5.78 Å². The van der Waals surface area contributed by atoms with E-state index in [4.69, 9.17) is 0 Å². The van der Waals surface area contributed by atoms with Crippen LogP contribution in [0.2, 0.25) is 0 Å². The van der Waals surface area contributed by atoms with Crippen molar-refractivity contribution in [3.63, 3.8) is 0 Å². The third-order valence-electron chi connectivity index (χ3n) is 3.63. The van der Waals surface area contributed by atoms with Crippen LogP contribution in [-0.4, -0.2) is 18.9 Å². The number of carbonyl (C=O) groups excluding carboxylic acids is 1. The van der Waals surface area contributed by atoms with E-state index in [1.54, 1.807) is 0 Å². The summed E-state index contributed by atoms with van der Waals surface area (Å²) in [7, 11) is 0. The van der Waals surface area contributed by atoms with E-state index in [2.05, 4.69) is 12.2 Å². The Balaban J connectivity index is 2.24. The molecule has 1 saturated carbocycles. The Morgan fingerprint density at radius 1 is 1.67 bits per heavy atom. The number of ketones is 1. The molecule has 0 aromatic rings. The topological polar surface area (TPSA) is 29.1 Å². The number of nitrogens with one attached hydrogen (secondary N) is 1.